The van der Waals surface area contributed by atoms with Gasteiger partial charge in [-0.2, -0.15) is 8.78 Å². The highest BCUT2D eigenvalue weighted by Crippen LogP contribution is 2.39. The number of halogens is 5. The number of aryl methyl sites for hydroxylation is 2. The van der Waals surface area contributed by atoms with E-state index in [4.69, 9.17) is 14.2 Å². The van der Waals surface area contributed by atoms with Crippen molar-refractivity contribution in [3.05, 3.63) is 64.0 Å². The third-order valence-corrected chi connectivity index (χ3v) is 6.29. The summed E-state index contributed by atoms with van der Waals surface area (Å²) in [5, 5.41) is 0. The first-order chi connectivity index (χ1) is 16.0. The molecule has 34 heavy (non-hydrogen) atoms. The fourth-order valence-electron chi connectivity index (χ4n) is 4.43. The van der Waals surface area contributed by atoms with Gasteiger partial charge in [0, 0.05) is 24.2 Å². The van der Waals surface area contributed by atoms with E-state index in [1.54, 1.807) is 0 Å². The number of rotatable bonds is 5. The minimum Gasteiger partial charge on any atom is -0.429 e. The second-order valence-electron chi connectivity index (χ2n) is 9.16. The van der Waals surface area contributed by atoms with Crippen molar-refractivity contribution in [2.45, 2.75) is 52.1 Å². The van der Waals surface area contributed by atoms with Gasteiger partial charge in [0.1, 0.15) is 17.1 Å². The van der Waals surface area contributed by atoms with Crippen LogP contribution in [0, 0.1) is 43.1 Å². The van der Waals surface area contributed by atoms with E-state index >= 15 is 0 Å². The first-order valence-electron chi connectivity index (χ1n) is 11.2. The molecule has 2 aliphatic rings. The molecule has 0 N–H and O–H groups in total. The smallest absolute Gasteiger partial charge is 0.429 e. The van der Waals surface area contributed by atoms with E-state index in [1.165, 1.54) is 19.9 Å². The summed E-state index contributed by atoms with van der Waals surface area (Å²) in [7, 11) is 0. The first kappa shape index (κ1) is 24.9. The van der Waals surface area contributed by atoms with Crippen LogP contribution < -0.4 is 4.74 Å². The van der Waals surface area contributed by atoms with Crippen molar-refractivity contribution in [1.29, 1.82) is 0 Å². The van der Waals surface area contributed by atoms with Crippen molar-refractivity contribution >= 4 is 0 Å². The molecule has 2 unspecified atom stereocenters. The van der Waals surface area contributed by atoms with E-state index < -0.39 is 41.2 Å². The largest absolute Gasteiger partial charge is 0.429 e. The van der Waals surface area contributed by atoms with Gasteiger partial charge in [-0.3, -0.25) is 0 Å². The Labute approximate surface area is 195 Å². The molecule has 4 nitrogen and oxygen atoms in total. The van der Waals surface area contributed by atoms with Crippen LogP contribution in [0.3, 0.4) is 0 Å². The van der Waals surface area contributed by atoms with Crippen LogP contribution in [0.25, 0.3) is 0 Å². The number of benzene rings is 2. The van der Waals surface area contributed by atoms with Gasteiger partial charge >= 0.3 is 6.11 Å². The molecule has 2 aliphatic heterocycles. The van der Waals surface area contributed by atoms with Gasteiger partial charge in [0.2, 0.25) is 0 Å². The van der Waals surface area contributed by atoms with Crippen LogP contribution in [0.2, 0.25) is 0 Å². The Hall–Kier alpha value is -2.23. The molecule has 2 heterocycles. The summed E-state index contributed by atoms with van der Waals surface area (Å²) in [4.78, 5) is 0. The molecule has 4 rings (SSSR count). The number of alkyl halides is 2. The number of hydrogen-bond donors (Lipinski definition) is 0. The third kappa shape index (κ3) is 5.21. The van der Waals surface area contributed by atoms with E-state index in [0.29, 0.717) is 31.8 Å². The lowest BCUT2D eigenvalue weighted by Gasteiger charge is -2.37. The topological polar surface area (TPSA) is 36.9 Å². The van der Waals surface area contributed by atoms with Crippen molar-refractivity contribution in [2.24, 2.45) is 11.8 Å². The Morgan fingerprint density at radius 3 is 2.15 bits per heavy atom. The molecule has 2 saturated heterocycles. The molecule has 2 aromatic rings. The van der Waals surface area contributed by atoms with Gasteiger partial charge in [-0.15, -0.1) is 0 Å². The highest BCUT2D eigenvalue weighted by atomic mass is 19.3. The van der Waals surface area contributed by atoms with Gasteiger partial charge in [-0.1, -0.05) is 13.0 Å². The van der Waals surface area contributed by atoms with Gasteiger partial charge in [0.15, 0.2) is 17.9 Å². The Balaban J connectivity index is 1.47. The molecule has 0 aliphatic carbocycles. The van der Waals surface area contributed by atoms with Crippen LogP contribution in [-0.2, 0) is 20.3 Å². The second kappa shape index (κ2) is 9.79. The summed E-state index contributed by atoms with van der Waals surface area (Å²) in [6, 6.07) is 3.68. The van der Waals surface area contributed by atoms with Crippen molar-refractivity contribution in [1.82, 2.24) is 0 Å². The lowest BCUT2D eigenvalue weighted by Crippen LogP contribution is -2.39. The predicted octanol–water partition coefficient (Wildman–Crippen LogP) is 6.33. The minimum atomic E-state index is -4.13. The highest BCUT2D eigenvalue weighted by molar-refractivity contribution is 5.37. The molecule has 2 aromatic carbocycles. The highest BCUT2D eigenvalue weighted by Gasteiger charge is 2.41. The van der Waals surface area contributed by atoms with Crippen LogP contribution in [0.15, 0.2) is 24.3 Å². The number of hydrogen-bond acceptors (Lipinski definition) is 4. The van der Waals surface area contributed by atoms with E-state index in [0.717, 1.165) is 25.0 Å². The summed E-state index contributed by atoms with van der Waals surface area (Å²) in [6.45, 7) is 6.03. The monoisotopic (exact) mass is 486 g/mol. The van der Waals surface area contributed by atoms with Gasteiger partial charge in [0.05, 0.1) is 19.3 Å². The van der Waals surface area contributed by atoms with Crippen LogP contribution in [0.1, 0.15) is 48.3 Å². The molecule has 0 amide bonds. The van der Waals surface area contributed by atoms with Gasteiger partial charge < -0.3 is 18.9 Å². The lowest BCUT2D eigenvalue weighted by atomic mass is 9.92. The van der Waals surface area contributed by atoms with Gasteiger partial charge in [-0.25, -0.2) is 13.2 Å². The molecular formula is C25H27F5O4. The Morgan fingerprint density at radius 1 is 0.853 bits per heavy atom. The average Bonchev–Trinajstić information content (AvgIpc) is 2.77. The zero-order valence-electron chi connectivity index (χ0n) is 19.2. The molecule has 2 fully saturated rings. The molecule has 0 bridgehead atoms. The maximum absolute atomic E-state index is 14.9. The van der Waals surface area contributed by atoms with Crippen LogP contribution in [-0.4, -0.2) is 25.9 Å². The minimum absolute atomic E-state index is 0.0359. The van der Waals surface area contributed by atoms with E-state index in [1.807, 2.05) is 0 Å². The van der Waals surface area contributed by atoms with Crippen molar-refractivity contribution in [3.8, 4) is 5.75 Å². The molecule has 9 heteroatoms. The quantitative estimate of drug-likeness (QED) is 0.463. The zero-order chi connectivity index (χ0) is 24.6. The molecule has 0 radical (unpaired) electrons. The Bertz CT molecular complexity index is 982. The van der Waals surface area contributed by atoms with Crippen LogP contribution >= 0.6 is 0 Å². The van der Waals surface area contributed by atoms with Crippen LogP contribution in [0.4, 0.5) is 22.0 Å². The standard InChI is InChI=1S/C25H27F5O4/c1-13-4-5-21(31-10-13)17-11-32-24(33-12-17)16-6-14(2)22(19(26)8-16)25(29,30)34-18-7-15(3)23(28)20(27)9-18/h6-9,13,17,21,24H,4-5,10-12H2,1-3H3. The SMILES string of the molecule is Cc1cc(OC(F)(F)c2c(C)cc(C3OCC(C4CCC(C)CO4)CO3)cc2F)cc(F)c1F. The summed E-state index contributed by atoms with van der Waals surface area (Å²) in [5.74, 6) is -3.77. The van der Waals surface area contributed by atoms with Crippen LogP contribution in [0.5, 0.6) is 5.75 Å². The maximum Gasteiger partial charge on any atom is 0.429 e. The molecule has 0 aromatic heterocycles. The fraction of sp³-hybridized carbons (Fsp3) is 0.520. The molecule has 2 atom stereocenters. The zero-order valence-corrected chi connectivity index (χ0v) is 19.2. The first-order valence-corrected chi connectivity index (χ1v) is 11.2. The van der Waals surface area contributed by atoms with E-state index in [-0.39, 0.29) is 28.7 Å². The molecular weight excluding hydrogens is 459 g/mol. The molecule has 0 spiro atoms. The lowest BCUT2D eigenvalue weighted by molar-refractivity contribution is -0.227. The van der Waals surface area contributed by atoms with Gasteiger partial charge in [-0.05, 0) is 55.9 Å². The van der Waals surface area contributed by atoms with Crippen molar-refractivity contribution in [3.63, 3.8) is 0 Å². The normalized spacial score (nSPS) is 25.9. The Morgan fingerprint density at radius 2 is 1.56 bits per heavy atom. The average molecular weight is 486 g/mol. The van der Waals surface area contributed by atoms with Crippen molar-refractivity contribution in [2.75, 3.05) is 19.8 Å². The number of ether oxygens (including phenoxy) is 4. The van der Waals surface area contributed by atoms with Crippen molar-refractivity contribution < 1.29 is 40.9 Å². The predicted molar refractivity (Wildman–Crippen MR) is 113 cm³/mol. The fourth-order valence-corrected chi connectivity index (χ4v) is 4.43. The molecule has 186 valence electrons. The molecule has 0 saturated carbocycles. The summed E-state index contributed by atoms with van der Waals surface area (Å²) < 4.78 is 93.5. The maximum atomic E-state index is 14.9. The summed E-state index contributed by atoms with van der Waals surface area (Å²) >= 11 is 0. The third-order valence-electron chi connectivity index (χ3n) is 6.29. The Kier molecular flexibility index (Phi) is 7.17. The summed E-state index contributed by atoms with van der Waals surface area (Å²) in [6.07, 6.45) is -3.01. The second-order valence-corrected chi connectivity index (χ2v) is 9.16. The van der Waals surface area contributed by atoms with E-state index in [2.05, 4.69) is 11.7 Å². The van der Waals surface area contributed by atoms with E-state index in [9.17, 15) is 22.0 Å². The van der Waals surface area contributed by atoms with Gasteiger partial charge in [0.25, 0.3) is 0 Å². The summed E-state index contributed by atoms with van der Waals surface area (Å²) in [5.41, 5.74) is -1.05.